The van der Waals surface area contributed by atoms with Crippen molar-refractivity contribution >= 4 is 51.5 Å². The number of thiazole rings is 1. The van der Waals surface area contributed by atoms with Gasteiger partial charge in [0, 0.05) is 10.6 Å². The molecule has 1 atom stereocenters. The van der Waals surface area contributed by atoms with Crippen LogP contribution in [0.1, 0.15) is 59.2 Å². The van der Waals surface area contributed by atoms with Crippen LogP contribution in [0.25, 0.3) is 5.76 Å². The van der Waals surface area contributed by atoms with Crippen LogP contribution in [-0.4, -0.2) is 47.6 Å². The summed E-state index contributed by atoms with van der Waals surface area (Å²) in [5.41, 5.74) is 0.959. The molecule has 2 aromatic carbocycles. The molecule has 11 heteroatoms. The van der Waals surface area contributed by atoms with E-state index in [1.54, 1.807) is 49.4 Å². The van der Waals surface area contributed by atoms with Crippen molar-refractivity contribution in [2.45, 2.75) is 39.7 Å². The number of nitrogens with zero attached hydrogens (tertiary/aromatic N) is 2. The van der Waals surface area contributed by atoms with E-state index < -0.39 is 23.7 Å². The zero-order valence-corrected chi connectivity index (χ0v) is 25.1. The highest BCUT2D eigenvalue weighted by atomic mass is 35.5. The molecule has 0 saturated carbocycles. The van der Waals surface area contributed by atoms with Crippen LogP contribution in [0.2, 0.25) is 5.02 Å². The van der Waals surface area contributed by atoms with Crippen molar-refractivity contribution in [2.75, 3.05) is 24.7 Å². The molecule has 2 heterocycles. The third kappa shape index (κ3) is 6.34. The molecular weight excluding hydrogens is 580 g/mol. The van der Waals surface area contributed by atoms with Crippen LogP contribution < -0.4 is 14.4 Å². The van der Waals surface area contributed by atoms with Gasteiger partial charge in [-0.2, -0.15) is 0 Å². The van der Waals surface area contributed by atoms with Gasteiger partial charge in [-0.1, -0.05) is 55.0 Å². The Labute approximate surface area is 253 Å². The molecule has 0 radical (unpaired) electrons. The maximum absolute atomic E-state index is 13.6. The Hall–Kier alpha value is -4.15. The van der Waals surface area contributed by atoms with Gasteiger partial charge in [0.05, 0.1) is 30.5 Å². The van der Waals surface area contributed by atoms with Crippen LogP contribution in [0.5, 0.6) is 11.5 Å². The molecule has 1 amide bonds. The van der Waals surface area contributed by atoms with E-state index in [-0.39, 0.29) is 27.9 Å². The average Bonchev–Trinajstić information content (AvgIpc) is 3.49. The molecule has 1 N–H and O–H groups in total. The first-order valence-corrected chi connectivity index (χ1v) is 14.6. The van der Waals surface area contributed by atoms with Gasteiger partial charge in [0.25, 0.3) is 5.78 Å². The largest absolute Gasteiger partial charge is 0.507 e. The van der Waals surface area contributed by atoms with Gasteiger partial charge >= 0.3 is 11.9 Å². The van der Waals surface area contributed by atoms with Gasteiger partial charge in [-0.25, -0.2) is 9.78 Å². The molecule has 0 bridgehead atoms. The van der Waals surface area contributed by atoms with E-state index in [9.17, 15) is 19.5 Å². The summed E-state index contributed by atoms with van der Waals surface area (Å²) in [5.74, 6) is -1.88. The van der Waals surface area contributed by atoms with Gasteiger partial charge in [0.2, 0.25) is 0 Å². The van der Waals surface area contributed by atoms with Crippen LogP contribution in [0.4, 0.5) is 5.13 Å². The molecule has 1 unspecified atom stereocenters. The number of esters is 1. The average molecular weight is 611 g/mol. The first-order chi connectivity index (χ1) is 20.2. The molecule has 9 nitrogen and oxygen atoms in total. The Morgan fingerprint density at radius 1 is 1.14 bits per heavy atom. The smallest absolute Gasteiger partial charge is 0.350 e. The second kappa shape index (κ2) is 13.7. The number of amides is 1. The number of Topliss-reactive ketones (excluding diaryl/α,β-unsaturated/α-hetero) is 1. The number of aryl methyl sites for hydroxylation is 1. The Morgan fingerprint density at radius 2 is 1.88 bits per heavy atom. The van der Waals surface area contributed by atoms with Gasteiger partial charge in [-0.3, -0.25) is 14.5 Å². The topological polar surface area (TPSA) is 115 Å². The van der Waals surface area contributed by atoms with E-state index in [0.29, 0.717) is 46.6 Å². The summed E-state index contributed by atoms with van der Waals surface area (Å²) >= 11 is 6.95. The van der Waals surface area contributed by atoms with Gasteiger partial charge in [-0.15, -0.1) is 0 Å². The van der Waals surface area contributed by atoms with Crippen LogP contribution in [-0.2, 0) is 14.3 Å². The quantitative estimate of drug-likeness (QED) is 0.0605. The number of rotatable bonds is 12. The molecule has 0 aliphatic carbocycles. The summed E-state index contributed by atoms with van der Waals surface area (Å²) in [6.07, 6.45) is 3.25. The lowest BCUT2D eigenvalue weighted by molar-refractivity contribution is -0.132. The predicted octanol–water partition coefficient (Wildman–Crippen LogP) is 6.65. The summed E-state index contributed by atoms with van der Waals surface area (Å²) in [5, 5.41) is 11.9. The SMILES string of the molecule is C=CCOC(=O)c1sc(N2C(=O)C(=O)C(=C(O)c3ccc(Cl)cc3)C2c2ccc(OCCCC)c(OCC)c2)nc1C. The molecule has 4 rings (SSSR count). The number of ether oxygens (including phenoxy) is 3. The lowest BCUT2D eigenvalue weighted by atomic mass is 9.95. The molecule has 1 aliphatic heterocycles. The number of anilines is 1. The van der Waals surface area contributed by atoms with E-state index in [1.807, 2.05) is 6.92 Å². The second-order valence-electron chi connectivity index (χ2n) is 9.32. The Balaban J connectivity index is 1.89. The molecule has 0 spiro atoms. The number of unbranched alkanes of at least 4 members (excludes halogenated alkanes) is 1. The third-order valence-corrected chi connectivity index (χ3v) is 7.80. The highest BCUT2D eigenvalue weighted by Crippen LogP contribution is 2.45. The molecule has 1 fully saturated rings. The molecule has 1 aromatic heterocycles. The van der Waals surface area contributed by atoms with Crippen molar-refractivity contribution in [2.24, 2.45) is 0 Å². The first kappa shape index (κ1) is 30.8. The Morgan fingerprint density at radius 3 is 2.55 bits per heavy atom. The van der Waals surface area contributed by atoms with Crippen LogP contribution in [0, 0.1) is 6.92 Å². The van der Waals surface area contributed by atoms with Crippen LogP contribution >= 0.6 is 22.9 Å². The number of hydrogen-bond donors (Lipinski definition) is 1. The number of carbonyl (C=O) groups is 3. The zero-order chi connectivity index (χ0) is 30.4. The Bertz CT molecular complexity index is 1530. The van der Waals surface area contributed by atoms with E-state index >= 15 is 0 Å². The maximum Gasteiger partial charge on any atom is 0.350 e. The number of hydrogen-bond acceptors (Lipinski definition) is 9. The van der Waals surface area contributed by atoms with Crippen molar-refractivity contribution < 1.29 is 33.7 Å². The number of ketones is 1. The molecular formula is C31H31ClN2O7S. The van der Waals surface area contributed by atoms with Gasteiger partial charge in [-0.05, 0) is 62.2 Å². The molecule has 1 saturated heterocycles. The summed E-state index contributed by atoms with van der Waals surface area (Å²) in [6.45, 7) is 9.90. The van der Waals surface area contributed by atoms with E-state index in [2.05, 4.69) is 18.5 Å². The number of aromatic nitrogens is 1. The minimum Gasteiger partial charge on any atom is -0.507 e. The fourth-order valence-electron chi connectivity index (χ4n) is 4.39. The Kier molecular flexibility index (Phi) is 10.0. The third-order valence-electron chi connectivity index (χ3n) is 6.41. The zero-order valence-electron chi connectivity index (χ0n) is 23.5. The van der Waals surface area contributed by atoms with E-state index in [1.165, 1.54) is 11.0 Å². The molecule has 42 heavy (non-hydrogen) atoms. The van der Waals surface area contributed by atoms with Gasteiger partial charge in [0.15, 0.2) is 16.6 Å². The highest BCUT2D eigenvalue weighted by Gasteiger charge is 2.48. The van der Waals surface area contributed by atoms with Crippen molar-refractivity contribution in [1.29, 1.82) is 0 Å². The number of carbonyl (C=O) groups excluding carboxylic acids is 3. The van der Waals surface area contributed by atoms with Gasteiger partial charge < -0.3 is 19.3 Å². The molecule has 1 aliphatic rings. The number of halogens is 1. The van der Waals surface area contributed by atoms with E-state index in [0.717, 1.165) is 24.2 Å². The number of aliphatic hydroxyl groups is 1. The molecule has 3 aromatic rings. The predicted molar refractivity (Wildman–Crippen MR) is 162 cm³/mol. The first-order valence-electron chi connectivity index (χ1n) is 13.4. The summed E-state index contributed by atoms with van der Waals surface area (Å²) < 4.78 is 16.9. The van der Waals surface area contributed by atoms with Gasteiger partial charge in [0.1, 0.15) is 17.2 Å². The van der Waals surface area contributed by atoms with Crippen LogP contribution in [0.15, 0.2) is 60.7 Å². The second-order valence-corrected chi connectivity index (χ2v) is 10.7. The van der Waals surface area contributed by atoms with Crippen molar-refractivity contribution in [3.63, 3.8) is 0 Å². The lowest BCUT2D eigenvalue weighted by Gasteiger charge is -2.24. The van der Waals surface area contributed by atoms with Crippen molar-refractivity contribution in [1.82, 2.24) is 4.98 Å². The summed E-state index contributed by atoms with van der Waals surface area (Å²) in [7, 11) is 0. The standard InChI is InChI=1S/C31H31ClN2O7S/c1-5-8-16-40-22-14-11-20(17-23(22)39-7-3)25-24(26(35)19-9-12-21(32)13-10-19)27(36)29(37)34(25)31-33-18(4)28(42-31)30(38)41-15-6-2/h6,9-14,17,25,35H,2,5,7-8,15-16H2,1,3-4H3. The lowest BCUT2D eigenvalue weighted by Crippen LogP contribution is -2.29. The monoisotopic (exact) mass is 610 g/mol. The fraction of sp³-hybridized carbons (Fsp3) is 0.290. The summed E-state index contributed by atoms with van der Waals surface area (Å²) in [4.78, 5) is 45.6. The van der Waals surface area contributed by atoms with E-state index in [4.69, 9.17) is 25.8 Å². The highest BCUT2D eigenvalue weighted by molar-refractivity contribution is 7.17. The molecule has 220 valence electrons. The fourth-order valence-corrected chi connectivity index (χ4v) is 5.51. The minimum atomic E-state index is -1.09. The van der Waals surface area contributed by atoms with Crippen LogP contribution in [0.3, 0.4) is 0 Å². The number of aliphatic hydroxyl groups excluding tert-OH is 1. The normalized spacial score (nSPS) is 16.0. The maximum atomic E-state index is 13.6. The summed E-state index contributed by atoms with van der Waals surface area (Å²) in [6, 6.07) is 10.3. The van der Waals surface area contributed by atoms with Crippen molar-refractivity contribution in [3.8, 4) is 11.5 Å². The van der Waals surface area contributed by atoms with Crippen molar-refractivity contribution in [3.05, 3.63) is 87.4 Å². The number of benzene rings is 2. The minimum absolute atomic E-state index is 0.00396.